The maximum atomic E-state index is 9.74. The lowest BCUT2D eigenvalue weighted by atomic mass is 10.00. The zero-order valence-corrected chi connectivity index (χ0v) is 9.43. The lowest BCUT2D eigenvalue weighted by Crippen LogP contribution is -2.17. The van der Waals surface area contributed by atoms with Crippen LogP contribution in [0.15, 0.2) is 24.3 Å². The summed E-state index contributed by atoms with van der Waals surface area (Å²) in [5.41, 5.74) is 1.87. The summed E-state index contributed by atoms with van der Waals surface area (Å²) in [5, 5.41) is 27.6. The predicted molar refractivity (Wildman–Crippen MR) is 61.6 cm³/mol. The van der Waals surface area contributed by atoms with E-state index in [-0.39, 0.29) is 6.42 Å². The number of rotatable bonds is 5. The largest absolute Gasteiger partial charge is 0.389 e. The van der Waals surface area contributed by atoms with E-state index < -0.39 is 12.2 Å². The third-order valence-corrected chi connectivity index (χ3v) is 2.52. The normalized spacial score (nSPS) is 14.1. The van der Waals surface area contributed by atoms with Gasteiger partial charge in [0.1, 0.15) is 6.10 Å². The monoisotopic (exact) mass is 219 g/mol. The molecule has 0 spiro atoms. The Morgan fingerprint density at radius 2 is 1.88 bits per heavy atom. The molecule has 3 nitrogen and oxygen atoms in total. The standard InChI is InChI=1S/C13H17NO2/c1-2-3-10-4-6-11(7-5-10)13(16)12(15)8-9-14/h4-7,12-13,15-16H,2-3,8H2,1H3. The summed E-state index contributed by atoms with van der Waals surface area (Å²) in [4.78, 5) is 0. The highest BCUT2D eigenvalue weighted by Gasteiger charge is 2.17. The second kappa shape index (κ2) is 6.26. The molecule has 3 heteroatoms. The van der Waals surface area contributed by atoms with Crippen molar-refractivity contribution in [1.82, 2.24) is 0 Å². The van der Waals surface area contributed by atoms with Crippen molar-refractivity contribution in [2.45, 2.75) is 38.4 Å². The van der Waals surface area contributed by atoms with Gasteiger partial charge in [0.25, 0.3) is 0 Å². The number of hydrogen-bond acceptors (Lipinski definition) is 3. The van der Waals surface area contributed by atoms with Gasteiger partial charge in [-0.3, -0.25) is 0 Å². The van der Waals surface area contributed by atoms with Gasteiger partial charge in [0, 0.05) is 0 Å². The minimum atomic E-state index is -1.01. The summed E-state index contributed by atoms with van der Waals surface area (Å²) in [6.45, 7) is 2.11. The summed E-state index contributed by atoms with van der Waals surface area (Å²) in [6, 6.07) is 9.33. The summed E-state index contributed by atoms with van der Waals surface area (Å²) in [5.74, 6) is 0. The van der Waals surface area contributed by atoms with E-state index >= 15 is 0 Å². The van der Waals surface area contributed by atoms with Crippen LogP contribution in [0.3, 0.4) is 0 Å². The smallest absolute Gasteiger partial charge is 0.106 e. The predicted octanol–water partition coefficient (Wildman–Crippen LogP) is 1.95. The fourth-order valence-corrected chi connectivity index (χ4v) is 1.60. The van der Waals surface area contributed by atoms with Crippen molar-refractivity contribution >= 4 is 0 Å². The van der Waals surface area contributed by atoms with E-state index in [9.17, 15) is 10.2 Å². The maximum Gasteiger partial charge on any atom is 0.106 e. The number of aliphatic hydroxyl groups is 2. The summed E-state index contributed by atoms with van der Waals surface area (Å²) < 4.78 is 0. The van der Waals surface area contributed by atoms with Crippen LogP contribution in [0.4, 0.5) is 0 Å². The third-order valence-electron chi connectivity index (χ3n) is 2.52. The van der Waals surface area contributed by atoms with Gasteiger partial charge < -0.3 is 10.2 Å². The molecule has 0 heterocycles. The van der Waals surface area contributed by atoms with E-state index in [0.29, 0.717) is 5.56 Å². The highest BCUT2D eigenvalue weighted by atomic mass is 16.3. The van der Waals surface area contributed by atoms with Crippen molar-refractivity contribution in [2.75, 3.05) is 0 Å². The van der Waals surface area contributed by atoms with Crippen LogP contribution in [0.2, 0.25) is 0 Å². The molecule has 0 aliphatic heterocycles. The second-order valence-corrected chi connectivity index (χ2v) is 3.87. The van der Waals surface area contributed by atoms with E-state index in [1.807, 2.05) is 18.2 Å². The maximum absolute atomic E-state index is 9.74. The van der Waals surface area contributed by atoms with Crippen LogP contribution in [0.5, 0.6) is 0 Å². The Balaban J connectivity index is 2.70. The van der Waals surface area contributed by atoms with Crippen LogP contribution < -0.4 is 0 Å². The zero-order chi connectivity index (χ0) is 12.0. The molecule has 2 atom stereocenters. The molecule has 0 bridgehead atoms. The van der Waals surface area contributed by atoms with E-state index in [1.165, 1.54) is 5.56 Å². The first kappa shape index (κ1) is 12.7. The molecule has 0 saturated heterocycles. The van der Waals surface area contributed by atoms with Gasteiger partial charge in [-0.1, -0.05) is 37.6 Å². The van der Waals surface area contributed by atoms with Crippen molar-refractivity contribution in [3.63, 3.8) is 0 Å². The molecule has 0 aliphatic carbocycles. The minimum absolute atomic E-state index is 0.0577. The second-order valence-electron chi connectivity index (χ2n) is 3.87. The van der Waals surface area contributed by atoms with Gasteiger partial charge in [0.05, 0.1) is 18.6 Å². The topological polar surface area (TPSA) is 64.2 Å². The van der Waals surface area contributed by atoms with Crippen LogP contribution in [0.25, 0.3) is 0 Å². The molecular formula is C13H17NO2. The number of aliphatic hydroxyl groups excluding tert-OH is 2. The summed E-state index contributed by atoms with van der Waals surface area (Å²) in [6.07, 6.45) is 0.0471. The molecule has 1 aromatic rings. The Bertz CT molecular complexity index is 353. The molecule has 1 rings (SSSR count). The van der Waals surface area contributed by atoms with E-state index in [4.69, 9.17) is 5.26 Å². The van der Waals surface area contributed by atoms with Crippen LogP contribution in [0.1, 0.15) is 37.0 Å². The SMILES string of the molecule is CCCc1ccc(C(O)C(O)CC#N)cc1. The van der Waals surface area contributed by atoms with Crippen molar-refractivity contribution in [1.29, 1.82) is 5.26 Å². The minimum Gasteiger partial charge on any atom is -0.389 e. The van der Waals surface area contributed by atoms with Gasteiger partial charge in [0.2, 0.25) is 0 Å². The van der Waals surface area contributed by atoms with Gasteiger partial charge >= 0.3 is 0 Å². The molecule has 1 aromatic carbocycles. The average Bonchev–Trinajstić information content (AvgIpc) is 2.30. The lowest BCUT2D eigenvalue weighted by molar-refractivity contribution is 0.0216. The molecular weight excluding hydrogens is 202 g/mol. The van der Waals surface area contributed by atoms with Gasteiger partial charge in [-0.15, -0.1) is 0 Å². The van der Waals surface area contributed by atoms with Gasteiger partial charge in [-0.2, -0.15) is 5.26 Å². The first-order chi connectivity index (χ1) is 7.69. The molecule has 0 amide bonds. The molecule has 2 unspecified atom stereocenters. The van der Waals surface area contributed by atoms with Crippen molar-refractivity contribution in [3.05, 3.63) is 35.4 Å². The van der Waals surface area contributed by atoms with Crippen molar-refractivity contribution in [2.24, 2.45) is 0 Å². The highest BCUT2D eigenvalue weighted by molar-refractivity contribution is 5.25. The molecule has 86 valence electrons. The van der Waals surface area contributed by atoms with Crippen LogP contribution in [0, 0.1) is 11.3 Å². The van der Waals surface area contributed by atoms with E-state index in [1.54, 1.807) is 12.1 Å². The molecule has 16 heavy (non-hydrogen) atoms. The zero-order valence-electron chi connectivity index (χ0n) is 9.43. The number of nitrogens with zero attached hydrogens (tertiary/aromatic N) is 1. The molecule has 0 fully saturated rings. The third kappa shape index (κ3) is 3.34. The first-order valence-corrected chi connectivity index (χ1v) is 5.51. The number of nitriles is 1. The fourth-order valence-electron chi connectivity index (χ4n) is 1.60. The Kier molecular flexibility index (Phi) is 4.97. The van der Waals surface area contributed by atoms with Gasteiger partial charge in [-0.25, -0.2) is 0 Å². The average molecular weight is 219 g/mol. The molecule has 0 saturated carbocycles. The van der Waals surface area contributed by atoms with E-state index in [0.717, 1.165) is 12.8 Å². The van der Waals surface area contributed by atoms with E-state index in [2.05, 4.69) is 6.92 Å². The molecule has 0 aromatic heterocycles. The summed E-state index contributed by atoms with van der Waals surface area (Å²) >= 11 is 0. The fraction of sp³-hybridized carbons (Fsp3) is 0.462. The molecule has 0 radical (unpaired) electrons. The highest BCUT2D eigenvalue weighted by Crippen LogP contribution is 2.19. The lowest BCUT2D eigenvalue weighted by Gasteiger charge is -2.15. The Labute approximate surface area is 96.0 Å². The molecule has 0 aliphatic rings. The van der Waals surface area contributed by atoms with Crippen molar-refractivity contribution < 1.29 is 10.2 Å². The first-order valence-electron chi connectivity index (χ1n) is 5.51. The Morgan fingerprint density at radius 1 is 1.25 bits per heavy atom. The number of aryl methyl sites for hydroxylation is 1. The number of hydrogen-bond donors (Lipinski definition) is 2. The summed E-state index contributed by atoms with van der Waals surface area (Å²) in [7, 11) is 0. The van der Waals surface area contributed by atoms with Crippen LogP contribution in [-0.4, -0.2) is 16.3 Å². The van der Waals surface area contributed by atoms with Crippen LogP contribution >= 0.6 is 0 Å². The quantitative estimate of drug-likeness (QED) is 0.795. The van der Waals surface area contributed by atoms with Gasteiger partial charge in [0.15, 0.2) is 0 Å². The van der Waals surface area contributed by atoms with Gasteiger partial charge in [-0.05, 0) is 17.5 Å². The number of benzene rings is 1. The molecule has 2 N–H and O–H groups in total. The Hall–Kier alpha value is -1.37. The van der Waals surface area contributed by atoms with Crippen molar-refractivity contribution in [3.8, 4) is 6.07 Å². The Morgan fingerprint density at radius 3 is 2.38 bits per heavy atom. The van der Waals surface area contributed by atoms with Crippen LogP contribution in [-0.2, 0) is 6.42 Å².